The highest BCUT2D eigenvalue weighted by Crippen LogP contribution is 2.44. The zero-order chi connectivity index (χ0) is 18.6. The fourth-order valence-corrected chi connectivity index (χ4v) is 4.78. The van der Waals surface area contributed by atoms with Crippen molar-refractivity contribution in [3.8, 4) is 17.6 Å². The van der Waals surface area contributed by atoms with Gasteiger partial charge in [-0.2, -0.15) is 5.26 Å². The summed E-state index contributed by atoms with van der Waals surface area (Å²) in [5, 5.41) is 20.3. The summed E-state index contributed by atoms with van der Waals surface area (Å²) in [6, 6.07) is 5.67. The molecule has 4 rings (SSSR count). The number of hydrogen-bond donors (Lipinski definition) is 2. The number of carbonyl (C=O) groups excluding carboxylic acids is 1. The molecule has 1 aromatic carbocycles. The molecule has 3 N–H and O–H groups in total. The molecule has 1 aromatic heterocycles. The molecule has 0 atom stereocenters. The zero-order valence-electron chi connectivity index (χ0n) is 14.6. The molecule has 2 aliphatic rings. The van der Waals surface area contributed by atoms with Crippen molar-refractivity contribution >= 4 is 22.2 Å². The highest BCUT2D eigenvalue weighted by molar-refractivity contribution is 7.16. The molecule has 0 aliphatic carbocycles. The van der Waals surface area contributed by atoms with Crippen molar-refractivity contribution in [2.75, 3.05) is 12.3 Å². The smallest absolute Gasteiger partial charge is 0.258 e. The highest BCUT2D eigenvalue weighted by Gasteiger charge is 2.35. The van der Waals surface area contributed by atoms with Gasteiger partial charge in [-0.15, -0.1) is 11.3 Å². The summed E-state index contributed by atoms with van der Waals surface area (Å²) in [6.07, 6.45) is 1.29. The molecule has 0 saturated carbocycles. The number of fused-ring (bicyclic) bond motifs is 2. The van der Waals surface area contributed by atoms with E-state index in [1.807, 2.05) is 19.9 Å². The van der Waals surface area contributed by atoms with Gasteiger partial charge in [-0.25, -0.2) is 0 Å². The summed E-state index contributed by atoms with van der Waals surface area (Å²) in [4.78, 5) is 15.6. The molecule has 0 saturated heterocycles. The predicted octanol–water partition coefficient (Wildman–Crippen LogP) is 2.82. The lowest BCUT2D eigenvalue weighted by molar-refractivity contribution is 0.0731. The topological polar surface area (TPSA) is 99.6 Å². The Morgan fingerprint density at radius 3 is 2.96 bits per heavy atom. The normalized spacial score (nSPS) is 17.2. The number of nitrogens with two attached hydrogens (primary N) is 1. The van der Waals surface area contributed by atoms with E-state index >= 15 is 0 Å². The van der Waals surface area contributed by atoms with Gasteiger partial charge < -0.3 is 20.5 Å². The van der Waals surface area contributed by atoms with E-state index in [4.69, 9.17) is 10.5 Å². The second-order valence-corrected chi connectivity index (χ2v) is 8.46. The van der Waals surface area contributed by atoms with Gasteiger partial charge in [-0.1, -0.05) is 6.07 Å². The highest BCUT2D eigenvalue weighted by atomic mass is 32.1. The second-order valence-electron chi connectivity index (χ2n) is 7.32. The molecule has 134 valence electrons. The van der Waals surface area contributed by atoms with E-state index in [2.05, 4.69) is 6.07 Å². The molecule has 0 fully saturated rings. The van der Waals surface area contributed by atoms with Gasteiger partial charge in [-0.3, -0.25) is 4.79 Å². The number of phenolic OH excluding ortho intramolecular Hbond substituents is 1. The number of nitriles is 1. The molecule has 3 heterocycles. The quantitative estimate of drug-likeness (QED) is 0.805. The molecule has 0 radical (unpaired) electrons. The summed E-state index contributed by atoms with van der Waals surface area (Å²) in [6.45, 7) is 4.79. The third-order valence-electron chi connectivity index (χ3n) is 4.92. The van der Waals surface area contributed by atoms with E-state index in [1.165, 1.54) is 11.3 Å². The standard InChI is InChI=1S/C19H19N3O3S/c1-19(2)7-10-3-4-12(15(23)16(10)25-19)18(24)22-6-5-11-13(8-20)17(21)26-14(11)9-22/h3-4,23H,5-7,9,21H2,1-2H3. The largest absolute Gasteiger partial charge is 0.504 e. The summed E-state index contributed by atoms with van der Waals surface area (Å²) in [5.41, 5.74) is 8.17. The Bertz CT molecular complexity index is 971. The summed E-state index contributed by atoms with van der Waals surface area (Å²) in [7, 11) is 0. The lowest BCUT2D eigenvalue weighted by Crippen LogP contribution is -2.35. The SMILES string of the molecule is CC1(C)Cc2ccc(C(=O)N3CCc4c(sc(N)c4C#N)C3)c(O)c2O1. The van der Waals surface area contributed by atoms with E-state index < -0.39 is 0 Å². The number of rotatable bonds is 1. The van der Waals surface area contributed by atoms with Crippen molar-refractivity contribution in [3.63, 3.8) is 0 Å². The maximum atomic E-state index is 13.0. The molecule has 2 aliphatic heterocycles. The van der Waals surface area contributed by atoms with Crippen molar-refractivity contribution in [1.82, 2.24) is 4.90 Å². The van der Waals surface area contributed by atoms with Crippen LogP contribution >= 0.6 is 11.3 Å². The predicted molar refractivity (Wildman–Crippen MR) is 98.4 cm³/mol. The number of anilines is 1. The monoisotopic (exact) mass is 369 g/mol. The van der Waals surface area contributed by atoms with Crippen LogP contribution in [0.15, 0.2) is 12.1 Å². The van der Waals surface area contributed by atoms with Crippen molar-refractivity contribution in [1.29, 1.82) is 5.26 Å². The van der Waals surface area contributed by atoms with Gasteiger partial charge in [-0.05, 0) is 31.9 Å². The van der Waals surface area contributed by atoms with E-state index in [1.54, 1.807) is 11.0 Å². The number of nitrogen functional groups attached to an aromatic ring is 1. The number of carbonyl (C=O) groups is 1. The molecular weight excluding hydrogens is 350 g/mol. The number of aromatic hydroxyl groups is 1. The molecular formula is C19H19N3O3S. The molecule has 6 nitrogen and oxygen atoms in total. The van der Waals surface area contributed by atoms with Crippen molar-refractivity contribution in [2.45, 2.75) is 38.8 Å². The first-order chi connectivity index (χ1) is 12.3. The first kappa shape index (κ1) is 16.7. The Hall–Kier alpha value is -2.72. The summed E-state index contributed by atoms with van der Waals surface area (Å²) < 4.78 is 5.82. The van der Waals surface area contributed by atoms with E-state index in [0.29, 0.717) is 42.2 Å². The molecule has 26 heavy (non-hydrogen) atoms. The fourth-order valence-electron chi connectivity index (χ4n) is 3.70. The zero-order valence-corrected chi connectivity index (χ0v) is 15.4. The van der Waals surface area contributed by atoms with E-state index in [-0.39, 0.29) is 22.8 Å². The number of thiophene rings is 1. The summed E-state index contributed by atoms with van der Waals surface area (Å²) in [5.74, 6) is 0.0766. The van der Waals surface area contributed by atoms with Crippen LogP contribution in [0.2, 0.25) is 0 Å². The Morgan fingerprint density at radius 2 is 2.23 bits per heavy atom. The molecule has 0 spiro atoms. The van der Waals surface area contributed by atoms with Crippen LogP contribution in [0.25, 0.3) is 0 Å². The van der Waals surface area contributed by atoms with Gasteiger partial charge in [0.25, 0.3) is 5.91 Å². The third-order valence-corrected chi connectivity index (χ3v) is 5.97. The second kappa shape index (κ2) is 5.64. The molecule has 2 aromatic rings. The Labute approximate surface area is 155 Å². The van der Waals surface area contributed by atoms with Crippen LogP contribution in [0, 0.1) is 11.3 Å². The Morgan fingerprint density at radius 1 is 1.46 bits per heavy atom. The van der Waals surface area contributed by atoms with Crippen LogP contribution in [-0.2, 0) is 19.4 Å². The van der Waals surface area contributed by atoms with Gasteiger partial charge in [0, 0.05) is 23.4 Å². The first-order valence-corrected chi connectivity index (χ1v) is 9.25. The van der Waals surface area contributed by atoms with Gasteiger partial charge in [0.1, 0.15) is 16.7 Å². The average molecular weight is 369 g/mol. The van der Waals surface area contributed by atoms with E-state index in [9.17, 15) is 15.2 Å². The van der Waals surface area contributed by atoms with Crippen molar-refractivity contribution in [2.24, 2.45) is 0 Å². The third kappa shape index (κ3) is 2.49. The molecule has 1 amide bonds. The van der Waals surface area contributed by atoms with Crippen LogP contribution in [0.3, 0.4) is 0 Å². The molecule has 0 unspecified atom stereocenters. The fraction of sp³-hybridized carbons (Fsp3) is 0.368. The lowest BCUT2D eigenvalue weighted by Gasteiger charge is -2.27. The minimum absolute atomic E-state index is 0.0905. The number of amides is 1. The van der Waals surface area contributed by atoms with Gasteiger partial charge in [0.15, 0.2) is 11.5 Å². The Balaban J connectivity index is 1.63. The number of benzene rings is 1. The van der Waals surface area contributed by atoms with E-state index in [0.717, 1.165) is 16.0 Å². The lowest BCUT2D eigenvalue weighted by atomic mass is 9.99. The van der Waals surface area contributed by atoms with Crippen LogP contribution in [0.1, 0.15) is 45.8 Å². The van der Waals surface area contributed by atoms with Crippen molar-refractivity contribution < 1.29 is 14.6 Å². The Kier molecular flexibility index (Phi) is 3.63. The van der Waals surface area contributed by atoms with Crippen LogP contribution in [0.4, 0.5) is 5.00 Å². The maximum absolute atomic E-state index is 13.0. The van der Waals surface area contributed by atoms with Gasteiger partial charge >= 0.3 is 0 Å². The van der Waals surface area contributed by atoms with Crippen molar-refractivity contribution in [3.05, 3.63) is 39.3 Å². The minimum atomic E-state index is -0.385. The molecule has 7 heteroatoms. The molecule has 0 bridgehead atoms. The first-order valence-electron chi connectivity index (χ1n) is 8.44. The number of ether oxygens (including phenoxy) is 1. The maximum Gasteiger partial charge on any atom is 0.258 e. The summed E-state index contributed by atoms with van der Waals surface area (Å²) >= 11 is 1.36. The van der Waals surface area contributed by atoms with Crippen LogP contribution < -0.4 is 10.5 Å². The number of hydrogen-bond acceptors (Lipinski definition) is 6. The van der Waals surface area contributed by atoms with Gasteiger partial charge in [0.2, 0.25) is 0 Å². The van der Waals surface area contributed by atoms with Gasteiger partial charge in [0.05, 0.1) is 17.7 Å². The number of phenols is 1. The van der Waals surface area contributed by atoms with Crippen LogP contribution in [0.5, 0.6) is 11.5 Å². The average Bonchev–Trinajstić information content (AvgIpc) is 3.08. The minimum Gasteiger partial charge on any atom is -0.504 e. The number of nitrogens with zero attached hydrogens (tertiary/aromatic N) is 2. The van der Waals surface area contributed by atoms with Crippen LogP contribution in [-0.4, -0.2) is 28.1 Å².